The van der Waals surface area contributed by atoms with E-state index in [4.69, 9.17) is 11.1 Å². The van der Waals surface area contributed by atoms with Crippen LogP contribution in [-0.2, 0) is 0 Å². The van der Waals surface area contributed by atoms with Crippen LogP contribution < -0.4 is 10.6 Å². The summed E-state index contributed by atoms with van der Waals surface area (Å²) in [7, 11) is 0. The molecule has 0 radical (unpaired) electrons. The van der Waals surface area contributed by atoms with E-state index in [9.17, 15) is 0 Å². The number of nitrogens with two attached hydrogens (primary N) is 1. The highest BCUT2D eigenvalue weighted by molar-refractivity contribution is 5.92. The summed E-state index contributed by atoms with van der Waals surface area (Å²) in [6.07, 6.45) is 7.92. The fraction of sp³-hybridized carbons (Fsp3) is 0.615. The summed E-state index contributed by atoms with van der Waals surface area (Å²) >= 11 is 0. The van der Waals surface area contributed by atoms with Crippen molar-refractivity contribution in [1.82, 2.24) is 9.97 Å². The van der Waals surface area contributed by atoms with Gasteiger partial charge >= 0.3 is 0 Å². The molecule has 1 heterocycles. The third-order valence-electron chi connectivity index (χ3n) is 2.80. The maximum atomic E-state index is 7.30. The van der Waals surface area contributed by atoms with Crippen LogP contribution >= 0.6 is 0 Å². The summed E-state index contributed by atoms with van der Waals surface area (Å²) in [5, 5.41) is 7.30. The Balaban J connectivity index is 2.73. The molecule has 1 aromatic heterocycles. The zero-order valence-electron chi connectivity index (χ0n) is 11.3. The minimum Gasteiger partial charge on any atom is -0.382 e. The van der Waals surface area contributed by atoms with Gasteiger partial charge in [0, 0.05) is 13.1 Å². The smallest absolute Gasteiger partial charge is 0.147 e. The third kappa shape index (κ3) is 4.31. The van der Waals surface area contributed by atoms with Gasteiger partial charge in [0.2, 0.25) is 0 Å². The van der Waals surface area contributed by atoms with E-state index >= 15 is 0 Å². The number of anilines is 1. The van der Waals surface area contributed by atoms with Crippen LogP contribution in [0.5, 0.6) is 0 Å². The first-order valence-electron chi connectivity index (χ1n) is 6.60. The molecule has 3 N–H and O–H groups in total. The molecule has 0 amide bonds. The maximum absolute atomic E-state index is 7.30. The summed E-state index contributed by atoms with van der Waals surface area (Å²) in [5.41, 5.74) is 5.80. The van der Waals surface area contributed by atoms with Gasteiger partial charge in [-0.05, 0) is 12.8 Å². The highest BCUT2D eigenvalue weighted by atomic mass is 15.2. The van der Waals surface area contributed by atoms with Gasteiger partial charge in [-0.3, -0.25) is 5.41 Å². The van der Waals surface area contributed by atoms with Crippen molar-refractivity contribution < 1.29 is 0 Å². The lowest BCUT2D eigenvalue weighted by Gasteiger charge is -2.23. The van der Waals surface area contributed by atoms with Gasteiger partial charge in [0.1, 0.15) is 17.3 Å². The largest absolute Gasteiger partial charge is 0.382 e. The van der Waals surface area contributed by atoms with Crippen molar-refractivity contribution in [3.05, 3.63) is 18.1 Å². The molecular weight excluding hydrogens is 226 g/mol. The zero-order valence-corrected chi connectivity index (χ0v) is 11.3. The lowest BCUT2D eigenvalue weighted by atomic mass is 10.2. The van der Waals surface area contributed by atoms with Crippen LogP contribution in [0.3, 0.4) is 0 Å². The first kappa shape index (κ1) is 14.4. The Morgan fingerprint density at radius 2 is 1.78 bits per heavy atom. The van der Waals surface area contributed by atoms with Gasteiger partial charge < -0.3 is 10.6 Å². The lowest BCUT2D eigenvalue weighted by Crippen LogP contribution is -2.27. The Morgan fingerprint density at radius 3 is 2.17 bits per heavy atom. The van der Waals surface area contributed by atoms with Crippen molar-refractivity contribution in [2.75, 3.05) is 18.0 Å². The normalized spacial score (nSPS) is 10.3. The van der Waals surface area contributed by atoms with Gasteiger partial charge in [-0.2, -0.15) is 0 Å². The van der Waals surface area contributed by atoms with Crippen LogP contribution in [0.2, 0.25) is 0 Å². The van der Waals surface area contributed by atoms with Crippen molar-refractivity contribution in [1.29, 1.82) is 5.41 Å². The highest BCUT2D eigenvalue weighted by Crippen LogP contribution is 2.11. The summed E-state index contributed by atoms with van der Waals surface area (Å²) in [5.74, 6) is 0.838. The molecule has 0 bridgehead atoms. The Labute approximate surface area is 109 Å². The lowest BCUT2D eigenvalue weighted by molar-refractivity contribution is 0.670. The number of nitrogens with one attached hydrogen (secondary N) is 1. The Bertz CT molecular complexity index is 352. The second kappa shape index (κ2) is 7.63. The van der Waals surface area contributed by atoms with Gasteiger partial charge in [0.15, 0.2) is 0 Å². The number of hydrogen-bond acceptors (Lipinski definition) is 4. The first-order valence-corrected chi connectivity index (χ1v) is 6.60. The molecule has 0 unspecified atom stereocenters. The fourth-order valence-electron chi connectivity index (χ4n) is 1.66. The molecule has 0 aliphatic rings. The van der Waals surface area contributed by atoms with Gasteiger partial charge in [-0.15, -0.1) is 0 Å². The Kier molecular flexibility index (Phi) is 6.11. The van der Waals surface area contributed by atoms with Crippen molar-refractivity contribution in [2.24, 2.45) is 5.73 Å². The van der Waals surface area contributed by atoms with E-state index in [0.29, 0.717) is 5.69 Å². The van der Waals surface area contributed by atoms with E-state index in [1.54, 1.807) is 12.4 Å². The Morgan fingerprint density at radius 1 is 1.17 bits per heavy atom. The van der Waals surface area contributed by atoms with E-state index < -0.39 is 0 Å². The van der Waals surface area contributed by atoms with Crippen LogP contribution in [0, 0.1) is 5.41 Å². The van der Waals surface area contributed by atoms with Gasteiger partial charge in [0.05, 0.1) is 12.4 Å². The number of hydrogen-bond donors (Lipinski definition) is 2. The molecule has 0 saturated carbocycles. The van der Waals surface area contributed by atoms with Gasteiger partial charge in [-0.25, -0.2) is 9.97 Å². The van der Waals surface area contributed by atoms with Crippen LogP contribution in [0.1, 0.15) is 45.2 Å². The summed E-state index contributed by atoms with van der Waals surface area (Å²) < 4.78 is 0. The van der Waals surface area contributed by atoms with E-state index in [0.717, 1.165) is 31.7 Å². The molecule has 18 heavy (non-hydrogen) atoms. The van der Waals surface area contributed by atoms with Crippen LogP contribution in [0.15, 0.2) is 12.4 Å². The molecule has 0 aliphatic heterocycles. The minimum atomic E-state index is -0.0392. The van der Waals surface area contributed by atoms with Crippen molar-refractivity contribution in [3.63, 3.8) is 0 Å². The summed E-state index contributed by atoms with van der Waals surface area (Å²) in [6.45, 7) is 6.38. The van der Waals surface area contributed by atoms with E-state index in [1.165, 1.54) is 12.8 Å². The molecule has 100 valence electrons. The molecule has 0 aromatic carbocycles. The third-order valence-corrected chi connectivity index (χ3v) is 2.80. The van der Waals surface area contributed by atoms with Crippen molar-refractivity contribution >= 4 is 11.7 Å². The second-order valence-corrected chi connectivity index (χ2v) is 4.37. The molecule has 5 heteroatoms. The predicted molar refractivity (Wildman–Crippen MR) is 75.1 cm³/mol. The number of aromatic nitrogens is 2. The first-order chi connectivity index (χ1) is 8.69. The molecule has 1 aromatic rings. The van der Waals surface area contributed by atoms with Gasteiger partial charge in [0.25, 0.3) is 0 Å². The number of rotatable bonds is 8. The van der Waals surface area contributed by atoms with Gasteiger partial charge in [-0.1, -0.05) is 26.7 Å². The van der Waals surface area contributed by atoms with Crippen LogP contribution in [0.25, 0.3) is 0 Å². The fourth-order valence-corrected chi connectivity index (χ4v) is 1.66. The quantitative estimate of drug-likeness (QED) is 0.546. The zero-order chi connectivity index (χ0) is 13.4. The predicted octanol–water partition coefficient (Wildman–Crippen LogP) is 2.17. The number of nitrogen functional groups attached to an aromatic ring is 1. The van der Waals surface area contributed by atoms with E-state index in [-0.39, 0.29) is 5.84 Å². The molecular formula is C13H23N5. The maximum Gasteiger partial charge on any atom is 0.147 e. The number of nitrogens with zero attached hydrogens (tertiary/aromatic N) is 3. The van der Waals surface area contributed by atoms with E-state index in [1.807, 2.05) is 0 Å². The number of unbranched alkanes of at least 4 members (excludes halogenated alkanes) is 2. The topological polar surface area (TPSA) is 78.9 Å². The molecule has 0 atom stereocenters. The highest BCUT2D eigenvalue weighted by Gasteiger charge is 2.08. The molecule has 1 rings (SSSR count). The SMILES string of the molecule is CCCCN(CCCC)c1cnc(C(=N)N)cn1. The molecule has 0 fully saturated rings. The standard InChI is InChI=1S/C13H23N5/c1-3-5-7-18(8-6-4-2)12-10-16-11(9-17-12)13(14)15/h9-10H,3-8H2,1-2H3,(H3,14,15). The second-order valence-electron chi connectivity index (χ2n) is 4.37. The average Bonchev–Trinajstić information content (AvgIpc) is 2.39. The monoisotopic (exact) mass is 249 g/mol. The average molecular weight is 249 g/mol. The Hall–Kier alpha value is -1.65. The van der Waals surface area contributed by atoms with Crippen LogP contribution in [0.4, 0.5) is 5.82 Å². The number of amidine groups is 1. The van der Waals surface area contributed by atoms with Crippen molar-refractivity contribution in [3.8, 4) is 0 Å². The molecule has 0 aliphatic carbocycles. The minimum absolute atomic E-state index is 0.0392. The molecule has 5 nitrogen and oxygen atoms in total. The molecule has 0 spiro atoms. The summed E-state index contributed by atoms with van der Waals surface area (Å²) in [6, 6.07) is 0. The molecule has 0 saturated heterocycles. The van der Waals surface area contributed by atoms with E-state index in [2.05, 4.69) is 28.7 Å². The van der Waals surface area contributed by atoms with Crippen LogP contribution in [-0.4, -0.2) is 28.9 Å². The summed E-state index contributed by atoms with van der Waals surface area (Å²) in [4.78, 5) is 10.8. The van der Waals surface area contributed by atoms with Crippen molar-refractivity contribution in [2.45, 2.75) is 39.5 Å².